The van der Waals surface area contributed by atoms with Gasteiger partial charge < -0.3 is 0 Å². The zero-order chi connectivity index (χ0) is 27.6. The molecule has 3 aromatic heterocycles. The monoisotopic (exact) mass is 512 g/mol. The lowest BCUT2D eigenvalue weighted by Gasteiger charge is -2.20. The number of carbonyl (C=O) groups is 2. The second-order valence-electron chi connectivity index (χ2n) is 11.3. The predicted molar refractivity (Wildman–Crippen MR) is 138 cm³/mol. The topological polar surface area (TPSA) is 161 Å². The Kier molecular flexibility index (Phi) is 5.56. The number of fused-ring (bicyclic) bond motifs is 2. The van der Waals surface area contributed by atoms with E-state index in [1.807, 2.05) is 41.5 Å². The summed E-state index contributed by atoms with van der Waals surface area (Å²) in [6.07, 6.45) is 0. The molecule has 1 aliphatic heterocycles. The second-order valence-corrected chi connectivity index (χ2v) is 11.3. The van der Waals surface area contributed by atoms with Crippen molar-refractivity contribution in [2.45, 2.75) is 65.3 Å². The fourth-order valence-corrected chi connectivity index (χ4v) is 4.53. The minimum Gasteiger partial charge on any atom is -0.269 e. The van der Waals surface area contributed by atoms with Crippen molar-refractivity contribution in [1.82, 2.24) is 34.9 Å². The van der Waals surface area contributed by atoms with Crippen LogP contribution in [-0.2, 0) is 10.8 Å². The first-order chi connectivity index (χ1) is 17.8. The summed E-state index contributed by atoms with van der Waals surface area (Å²) in [7, 11) is 0. The van der Waals surface area contributed by atoms with Crippen LogP contribution in [0.4, 0.5) is 11.5 Å². The Morgan fingerprint density at radius 2 is 1.53 bits per heavy atom. The standard InChI is InChI=1S/C26H28N10O2/c1-13(35-23(37)14-10-8-9-11-15(14)24(35)38)21-32-33-22-17(19(26(5,6)7)34-36(21)22)28-30-20-16(12-27)18(29-31-20)25(2,3)4/h8-11,13,33H,1-7H3,(H,29,31)/b30-28+. The van der Waals surface area contributed by atoms with Crippen molar-refractivity contribution in [2.75, 3.05) is 0 Å². The van der Waals surface area contributed by atoms with Gasteiger partial charge in [-0.25, -0.2) is 0 Å². The third-order valence-corrected chi connectivity index (χ3v) is 6.47. The lowest BCUT2D eigenvalue weighted by Crippen LogP contribution is -2.33. The second kappa shape index (κ2) is 8.44. The molecule has 1 unspecified atom stereocenters. The van der Waals surface area contributed by atoms with Crippen molar-refractivity contribution in [3.05, 3.63) is 58.2 Å². The Hall–Kier alpha value is -4.66. The summed E-state index contributed by atoms with van der Waals surface area (Å²) in [5.74, 6) is -0.142. The molecule has 0 radical (unpaired) electrons. The lowest BCUT2D eigenvalue weighted by molar-refractivity contribution is 0.0587. The molecule has 1 aliphatic rings. The van der Waals surface area contributed by atoms with Crippen LogP contribution < -0.4 is 0 Å². The molecule has 5 rings (SSSR count). The third-order valence-electron chi connectivity index (χ3n) is 6.47. The molecule has 4 aromatic rings. The molecule has 2 amide bonds. The number of rotatable bonds is 4. The average molecular weight is 513 g/mol. The highest BCUT2D eigenvalue weighted by molar-refractivity contribution is 6.21. The van der Waals surface area contributed by atoms with Crippen molar-refractivity contribution in [3.63, 3.8) is 0 Å². The number of azo groups is 1. The highest BCUT2D eigenvalue weighted by Gasteiger charge is 2.41. The summed E-state index contributed by atoms with van der Waals surface area (Å²) in [5, 5.41) is 37.7. The van der Waals surface area contributed by atoms with E-state index < -0.39 is 11.5 Å². The van der Waals surface area contributed by atoms with Crippen LogP contribution in [0.1, 0.15) is 98.0 Å². The molecule has 38 heavy (non-hydrogen) atoms. The maximum atomic E-state index is 13.1. The van der Waals surface area contributed by atoms with E-state index in [4.69, 9.17) is 5.10 Å². The Morgan fingerprint density at radius 1 is 0.921 bits per heavy atom. The van der Waals surface area contributed by atoms with Gasteiger partial charge in [0.2, 0.25) is 0 Å². The van der Waals surface area contributed by atoms with Crippen LogP contribution in [0.5, 0.6) is 0 Å². The maximum Gasteiger partial charge on any atom is 0.262 e. The molecule has 0 spiro atoms. The van der Waals surface area contributed by atoms with Gasteiger partial charge in [-0.05, 0) is 19.1 Å². The molecule has 4 heterocycles. The van der Waals surface area contributed by atoms with Gasteiger partial charge in [0.05, 0.1) is 28.6 Å². The number of hydrogen-bond acceptors (Lipinski definition) is 8. The van der Waals surface area contributed by atoms with Gasteiger partial charge >= 0.3 is 0 Å². The van der Waals surface area contributed by atoms with E-state index in [2.05, 4.69) is 36.7 Å². The predicted octanol–water partition coefficient (Wildman–Crippen LogP) is 5.02. The van der Waals surface area contributed by atoms with Crippen molar-refractivity contribution in [1.29, 1.82) is 5.26 Å². The van der Waals surface area contributed by atoms with Gasteiger partial charge in [-0.15, -0.1) is 10.2 Å². The molecule has 1 aromatic carbocycles. The largest absolute Gasteiger partial charge is 0.269 e. The van der Waals surface area contributed by atoms with Gasteiger partial charge in [-0.2, -0.15) is 25.1 Å². The number of carbonyl (C=O) groups excluding carboxylic acids is 2. The first-order valence-electron chi connectivity index (χ1n) is 12.2. The number of nitriles is 1. The minimum absolute atomic E-state index is 0.246. The lowest BCUT2D eigenvalue weighted by atomic mass is 9.90. The van der Waals surface area contributed by atoms with Crippen LogP contribution in [0.3, 0.4) is 0 Å². The SMILES string of the molecule is CC(c1n[nH]c2c(/N=N/c3[nH]nc(C(C)(C)C)c3C#N)c(C(C)(C)C)nn12)N1C(=O)c2ccccc2C1=O. The van der Waals surface area contributed by atoms with Crippen molar-refractivity contribution >= 4 is 29.0 Å². The third kappa shape index (κ3) is 3.78. The molecule has 0 bridgehead atoms. The number of benzene rings is 1. The van der Waals surface area contributed by atoms with Crippen LogP contribution >= 0.6 is 0 Å². The van der Waals surface area contributed by atoms with E-state index in [-0.39, 0.29) is 23.0 Å². The maximum absolute atomic E-state index is 13.1. The summed E-state index contributed by atoms with van der Waals surface area (Å²) in [6, 6.07) is 8.21. The summed E-state index contributed by atoms with van der Waals surface area (Å²) in [4.78, 5) is 27.3. The average Bonchev–Trinajstić information content (AvgIpc) is 3.59. The fourth-order valence-electron chi connectivity index (χ4n) is 4.53. The smallest absolute Gasteiger partial charge is 0.262 e. The zero-order valence-corrected chi connectivity index (χ0v) is 22.3. The van der Waals surface area contributed by atoms with E-state index in [0.29, 0.717) is 45.2 Å². The van der Waals surface area contributed by atoms with E-state index in [1.54, 1.807) is 35.7 Å². The van der Waals surface area contributed by atoms with E-state index in [1.165, 1.54) is 4.90 Å². The number of aromatic nitrogens is 6. The van der Waals surface area contributed by atoms with Gasteiger partial charge in [-0.3, -0.25) is 24.7 Å². The number of amides is 2. The van der Waals surface area contributed by atoms with E-state index in [0.717, 1.165) is 0 Å². The highest BCUT2D eigenvalue weighted by Crippen LogP contribution is 2.38. The first-order valence-corrected chi connectivity index (χ1v) is 12.2. The van der Waals surface area contributed by atoms with Crippen LogP contribution in [0.2, 0.25) is 0 Å². The number of hydrogen-bond donors (Lipinski definition) is 2. The Balaban J connectivity index is 1.58. The molecule has 194 valence electrons. The Labute approximate surface area is 218 Å². The van der Waals surface area contributed by atoms with Gasteiger partial charge in [0.1, 0.15) is 11.6 Å². The van der Waals surface area contributed by atoms with Crippen LogP contribution in [0.15, 0.2) is 34.5 Å². The Bertz CT molecular complexity index is 1630. The zero-order valence-electron chi connectivity index (χ0n) is 22.3. The quantitative estimate of drug-likeness (QED) is 0.288. The number of imide groups is 1. The molecule has 1 atom stereocenters. The van der Waals surface area contributed by atoms with Crippen LogP contribution in [0, 0.1) is 11.3 Å². The fraction of sp³-hybridized carbons (Fsp3) is 0.385. The van der Waals surface area contributed by atoms with E-state index >= 15 is 0 Å². The number of nitrogens with zero attached hydrogens (tertiary/aromatic N) is 8. The summed E-state index contributed by atoms with van der Waals surface area (Å²) in [5.41, 5.74) is 2.38. The highest BCUT2D eigenvalue weighted by atomic mass is 16.2. The molecular weight excluding hydrogens is 484 g/mol. The van der Waals surface area contributed by atoms with Gasteiger partial charge in [0, 0.05) is 10.8 Å². The molecule has 12 heteroatoms. The number of aromatic amines is 2. The van der Waals surface area contributed by atoms with Gasteiger partial charge in [0.25, 0.3) is 11.8 Å². The van der Waals surface area contributed by atoms with E-state index in [9.17, 15) is 14.9 Å². The number of H-pyrrole nitrogens is 2. The molecule has 0 fully saturated rings. The molecule has 12 nitrogen and oxygen atoms in total. The minimum atomic E-state index is -0.708. The molecule has 2 N–H and O–H groups in total. The summed E-state index contributed by atoms with van der Waals surface area (Å²) in [6.45, 7) is 13.6. The normalized spacial score (nSPS) is 15.1. The first kappa shape index (κ1) is 25.0. The van der Waals surface area contributed by atoms with Crippen LogP contribution in [-0.4, -0.2) is 46.7 Å². The van der Waals surface area contributed by atoms with Gasteiger partial charge in [0.15, 0.2) is 23.0 Å². The Morgan fingerprint density at radius 3 is 2.08 bits per heavy atom. The van der Waals surface area contributed by atoms with Gasteiger partial charge in [-0.1, -0.05) is 53.7 Å². The van der Waals surface area contributed by atoms with Crippen molar-refractivity contribution in [3.8, 4) is 6.07 Å². The molecular formula is C26H28N10O2. The van der Waals surface area contributed by atoms with Crippen LogP contribution in [0.25, 0.3) is 5.65 Å². The summed E-state index contributed by atoms with van der Waals surface area (Å²) < 4.78 is 1.56. The summed E-state index contributed by atoms with van der Waals surface area (Å²) >= 11 is 0. The van der Waals surface area contributed by atoms with Crippen molar-refractivity contribution in [2.24, 2.45) is 10.2 Å². The molecule has 0 aliphatic carbocycles. The van der Waals surface area contributed by atoms with Crippen molar-refractivity contribution < 1.29 is 9.59 Å². The number of nitrogens with one attached hydrogen (secondary N) is 2. The molecule has 0 saturated heterocycles. The molecule has 0 saturated carbocycles.